The van der Waals surface area contributed by atoms with Crippen LogP contribution in [0.1, 0.15) is 13.8 Å². The Morgan fingerprint density at radius 1 is 1.40 bits per heavy atom. The molecule has 1 aliphatic heterocycles. The molecule has 0 spiro atoms. The van der Waals surface area contributed by atoms with Gasteiger partial charge in [0.2, 0.25) is 0 Å². The molecule has 0 saturated carbocycles. The lowest BCUT2D eigenvalue weighted by molar-refractivity contribution is 0.405. The van der Waals surface area contributed by atoms with Crippen LogP contribution in [0, 0.1) is 5.41 Å². The summed E-state index contributed by atoms with van der Waals surface area (Å²) < 4.78 is 5.38. The molecule has 0 unspecified atom stereocenters. The van der Waals surface area contributed by atoms with Crippen LogP contribution in [0.4, 0.5) is 5.69 Å². The summed E-state index contributed by atoms with van der Waals surface area (Å²) in [5, 5.41) is 3.49. The molecule has 0 amide bonds. The first-order chi connectivity index (χ1) is 7.12. The monoisotopic (exact) mass is 223 g/mol. The third-order valence-corrected chi connectivity index (χ3v) is 4.20. The van der Waals surface area contributed by atoms with E-state index in [1.165, 1.54) is 10.6 Å². The van der Waals surface area contributed by atoms with Gasteiger partial charge in [-0.2, -0.15) is 0 Å². The number of methoxy groups -OCH3 is 1. The van der Waals surface area contributed by atoms with Crippen molar-refractivity contribution < 1.29 is 4.74 Å². The molecule has 1 N–H and O–H groups in total. The molecule has 82 valence electrons. The second kappa shape index (κ2) is 3.97. The first-order valence-electron chi connectivity index (χ1n) is 5.16. The maximum atomic E-state index is 5.38. The van der Waals surface area contributed by atoms with E-state index >= 15 is 0 Å². The summed E-state index contributed by atoms with van der Waals surface area (Å²) >= 11 is 1.88. The van der Waals surface area contributed by atoms with Crippen molar-refractivity contribution in [2.75, 3.05) is 24.7 Å². The van der Waals surface area contributed by atoms with E-state index in [9.17, 15) is 0 Å². The van der Waals surface area contributed by atoms with E-state index in [1.54, 1.807) is 7.11 Å². The Morgan fingerprint density at radius 2 is 2.20 bits per heavy atom. The molecular weight excluding hydrogens is 206 g/mol. The highest BCUT2D eigenvalue weighted by Crippen LogP contribution is 2.41. The van der Waals surface area contributed by atoms with Crippen molar-refractivity contribution in [3.63, 3.8) is 0 Å². The predicted octanol–water partition coefficient (Wildman–Crippen LogP) is 3.24. The lowest BCUT2D eigenvalue weighted by Gasteiger charge is -2.21. The molecule has 3 heteroatoms. The summed E-state index contributed by atoms with van der Waals surface area (Å²) in [6, 6.07) is 6.17. The van der Waals surface area contributed by atoms with Crippen LogP contribution in [-0.4, -0.2) is 19.4 Å². The van der Waals surface area contributed by atoms with Gasteiger partial charge in [-0.05, 0) is 17.5 Å². The van der Waals surface area contributed by atoms with Gasteiger partial charge >= 0.3 is 0 Å². The zero-order chi connectivity index (χ0) is 10.9. The lowest BCUT2D eigenvalue weighted by Crippen LogP contribution is -2.23. The third kappa shape index (κ3) is 2.23. The fraction of sp³-hybridized carbons (Fsp3) is 0.500. The van der Waals surface area contributed by atoms with E-state index in [0.717, 1.165) is 18.0 Å². The third-order valence-electron chi connectivity index (χ3n) is 2.56. The number of ether oxygens (including phenoxy) is 1. The number of hydrogen-bond acceptors (Lipinski definition) is 3. The van der Waals surface area contributed by atoms with Crippen LogP contribution in [0.2, 0.25) is 0 Å². The molecule has 0 fully saturated rings. The summed E-state index contributed by atoms with van der Waals surface area (Å²) in [6.07, 6.45) is 0. The van der Waals surface area contributed by atoms with Crippen LogP contribution in [0.3, 0.4) is 0 Å². The molecular formula is C12H17NOS. The fourth-order valence-corrected chi connectivity index (χ4v) is 2.84. The topological polar surface area (TPSA) is 21.3 Å². The largest absolute Gasteiger partial charge is 0.496 e. The van der Waals surface area contributed by atoms with Crippen molar-refractivity contribution in [2.24, 2.45) is 5.41 Å². The van der Waals surface area contributed by atoms with Crippen molar-refractivity contribution >= 4 is 17.4 Å². The van der Waals surface area contributed by atoms with Gasteiger partial charge in [0, 0.05) is 12.3 Å². The highest BCUT2D eigenvalue weighted by atomic mass is 32.2. The summed E-state index contributed by atoms with van der Waals surface area (Å²) in [7, 11) is 1.73. The van der Waals surface area contributed by atoms with Crippen LogP contribution >= 0.6 is 11.8 Å². The number of rotatable bonds is 1. The number of fused-ring (bicyclic) bond motifs is 1. The SMILES string of the molecule is COc1cccc2c1SCC(C)(C)CN2. The molecule has 1 aromatic rings. The highest BCUT2D eigenvalue weighted by Gasteiger charge is 2.24. The molecule has 0 radical (unpaired) electrons. The van der Waals surface area contributed by atoms with Crippen molar-refractivity contribution in [3.05, 3.63) is 18.2 Å². The summed E-state index contributed by atoms with van der Waals surface area (Å²) in [6.45, 7) is 5.58. The average Bonchev–Trinajstić information content (AvgIpc) is 2.38. The zero-order valence-corrected chi connectivity index (χ0v) is 10.3. The van der Waals surface area contributed by atoms with Crippen LogP contribution in [0.15, 0.2) is 23.1 Å². The highest BCUT2D eigenvalue weighted by molar-refractivity contribution is 7.99. The quantitative estimate of drug-likeness (QED) is 0.789. The molecule has 0 saturated heterocycles. The second-order valence-electron chi connectivity index (χ2n) is 4.64. The molecule has 0 atom stereocenters. The Bertz CT molecular complexity index is 363. The Balaban J connectivity index is 2.35. The maximum absolute atomic E-state index is 5.38. The first kappa shape index (κ1) is 10.7. The van der Waals surface area contributed by atoms with E-state index in [-0.39, 0.29) is 0 Å². The summed E-state index contributed by atoms with van der Waals surface area (Å²) in [5.41, 5.74) is 1.53. The smallest absolute Gasteiger partial charge is 0.134 e. The Hall–Kier alpha value is -0.830. The van der Waals surface area contributed by atoms with Crippen molar-refractivity contribution in [1.29, 1.82) is 0 Å². The summed E-state index contributed by atoms with van der Waals surface area (Å²) in [5.74, 6) is 2.09. The van der Waals surface area contributed by atoms with E-state index in [4.69, 9.17) is 4.74 Å². The second-order valence-corrected chi connectivity index (χ2v) is 5.63. The zero-order valence-electron chi connectivity index (χ0n) is 9.46. The first-order valence-corrected chi connectivity index (χ1v) is 6.15. The number of anilines is 1. The Labute approximate surface area is 95.4 Å². The standard InChI is InChI=1S/C12H17NOS/c1-12(2)7-13-9-5-4-6-10(14-3)11(9)15-8-12/h4-6,13H,7-8H2,1-3H3. The minimum atomic E-state index is 0.328. The van der Waals surface area contributed by atoms with Gasteiger partial charge in [0.25, 0.3) is 0 Å². The normalized spacial score (nSPS) is 18.6. The molecule has 1 aromatic carbocycles. The van der Waals surface area contributed by atoms with Crippen molar-refractivity contribution in [1.82, 2.24) is 0 Å². The van der Waals surface area contributed by atoms with Gasteiger partial charge in [-0.25, -0.2) is 0 Å². The van der Waals surface area contributed by atoms with Gasteiger partial charge in [-0.15, -0.1) is 11.8 Å². The van der Waals surface area contributed by atoms with Crippen molar-refractivity contribution in [3.8, 4) is 5.75 Å². The van der Waals surface area contributed by atoms with Gasteiger partial charge in [-0.1, -0.05) is 19.9 Å². The number of nitrogens with one attached hydrogen (secondary N) is 1. The molecule has 2 nitrogen and oxygen atoms in total. The molecule has 15 heavy (non-hydrogen) atoms. The Morgan fingerprint density at radius 3 is 2.93 bits per heavy atom. The molecule has 1 aliphatic rings. The maximum Gasteiger partial charge on any atom is 0.134 e. The van der Waals surface area contributed by atoms with Crippen molar-refractivity contribution in [2.45, 2.75) is 18.7 Å². The fourth-order valence-electron chi connectivity index (χ4n) is 1.62. The minimum absolute atomic E-state index is 0.328. The predicted molar refractivity (Wildman–Crippen MR) is 66.0 cm³/mol. The van der Waals surface area contributed by atoms with Crippen LogP contribution in [0.25, 0.3) is 0 Å². The van der Waals surface area contributed by atoms with E-state index in [1.807, 2.05) is 23.9 Å². The van der Waals surface area contributed by atoms with E-state index < -0.39 is 0 Å². The van der Waals surface area contributed by atoms with Gasteiger partial charge in [0.15, 0.2) is 0 Å². The number of benzene rings is 1. The van der Waals surface area contributed by atoms with Gasteiger partial charge in [0.1, 0.15) is 5.75 Å². The van der Waals surface area contributed by atoms with Crippen LogP contribution in [0.5, 0.6) is 5.75 Å². The van der Waals surface area contributed by atoms with Gasteiger partial charge in [0.05, 0.1) is 17.7 Å². The Kier molecular flexibility index (Phi) is 2.83. The molecule has 0 bridgehead atoms. The summed E-state index contributed by atoms with van der Waals surface area (Å²) in [4.78, 5) is 1.24. The van der Waals surface area contributed by atoms with Gasteiger partial charge < -0.3 is 10.1 Å². The number of hydrogen-bond donors (Lipinski definition) is 1. The van der Waals surface area contributed by atoms with Gasteiger partial charge in [-0.3, -0.25) is 0 Å². The molecule has 0 aliphatic carbocycles. The van der Waals surface area contributed by atoms with E-state index in [2.05, 4.69) is 25.2 Å². The molecule has 2 rings (SSSR count). The number of thioether (sulfide) groups is 1. The lowest BCUT2D eigenvalue weighted by atomic mass is 9.96. The molecule has 1 heterocycles. The van der Waals surface area contributed by atoms with Crippen LogP contribution in [-0.2, 0) is 0 Å². The minimum Gasteiger partial charge on any atom is -0.496 e. The van der Waals surface area contributed by atoms with E-state index in [0.29, 0.717) is 5.41 Å². The molecule has 0 aromatic heterocycles. The average molecular weight is 223 g/mol. The van der Waals surface area contributed by atoms with Crippen LogP contribution < -0.4 is 10.1 Å².